The average molecular weight is 574 g/mol. The fraction of sp³-hybridized carbons (Fsp3) is 0.677. The number of hydrogen-bond acceptors (Lipinski definition) is 5. The lowest BCUT2D eigenvalue weighted by Gasteiger charge is -2.64. The number of aromatic nitrogens is 3. The molecule has 3 rings (SSSR count). The lowest BCUT2D eigenvalue weighted by molar-refractivity contribution is -0.188. The highest BCUT2D eigenvalue weighted by Crippen LogP contribution is 2.60. The van der Waals surface area contributed by atoms with Crippen LogP contribution in [0, 0.1) is 41.8 Å². The van der Waals surface area contributed by atoms with Crippen LogP contribution in [0.5, 0.6) is 0 Å². The summed E-state index contributed by atoms with van der Waals surface area (Å²) in [6.07, 6.45) is -0.935. The van der Waals surface area contributed by atoms with Crippen molar-refractivity contribution in [3.05, 3.63) is 34.9 Å². The molecular formula is C31H48FN5O4. The highest BCUT2D eigenvalue weighted by Gasteiger charge is 2.66. The van der Waals surface area contributed by atoms with Crippen LogP contribution < -0.4 is 5.32 Å². The number of halogens is 1. The molecule has 1 aliphatic heterocycles. The fourth-order valence-electron chi connectivity index (χ4n) is 7.24. The minimum Gasteiger partial charge on any atom is -0.481 e. The molecule has 1 saturated heterocycles. The molecule has 9 nitrogen and oxygen atoms in total. The van der Waals surface area contributed by atoms with E-state index in [0.717, 1.165) is 5.69 Å². The SMILES string of the molecule is Cc1cc(C[C@]2(C(=O)O)CCN(C(=O)O)[C@@](C)(C(C)(C)C)C2C(C)(C)C)nc(Nc2cc(C)n(C(C)(C)C)n2)c1F. The van der Waals surface area contributed by atoms with Gasteiger partial charge in [-0.3, -0.25) is 9.48 Å². The summed E-state index contributed by atoms with van der Waals surface area (Å²) >= 11 is 0. The Morgan fingerprint density at radius 1 is 1.07 bits per heavy atom. The van der Waals surface area contributed by atoms with Crippen molar-refractivity contribution in [3.63, 3.8) is 0 Å². The highest BCUT2D eigenvalue weighted by molar-refractivity contribution is 5.77. The summed E-state index contributed by atoms with van der Waals surface area (Å²) in [4.78, 5) is 31.9. The number of carbonyl (C=O) groups is 2. The van der Waals surface area contributed by atoms with Crippen molar-refractivity contribution in [1.82, 2.24) is 19.7 Å². The van der Waals surface area contributed by atoms with Gasteiger partial charge in [0.1, 0.15) is 0 Å². The minimum atomic E-state index is -1.36. The molecule has 0 saturated carbocycles. The number of aliphatic carboxylic acids is 1. The number of nitrogens with zero attached hydrogens (tertiary/aromatic N) is 4. The van der Waals surface area contributed by atoms with Crippen LogP contribution in [0.3, 0.4) is 0 Å². The summed E-state index contributed by atoms with van der Waals surface area (Å²) in [5.74, 6) is -1.72. The Morgan fingerprint density at radius 3 is 2.10 bits per heavy atom. The fourth-order valence-corrected chi connectivity index (χ4v) is 7.24. The number of carboxylic acid groups (broad SMARTS) is 2. The first-order valence-electron chi connectivity index (χ1n) is 14.2. The third-order valence-electron chi connectivity index (χ3n) is 8.96. The van der Waals surface area contributed by atoms with Gasteiger partial charge in [-0.2, -0.15) is 5.10 Å². The van der Waals surface area contributed by atoms with E-state index in [1.54, 1.807) is 13.0 Å². The first-order chi connectivity index (χ1) is 18.5. The van der Waals surface area contributed by atoms with E-state index in [1.807, 2.05) is 86.9 Å². The predicted molar refractivity (Wildman–Crippen MR) is 158 cm³/mol. The summed E-state index contributed by atoms with van der Waals surface area (Å²) in [5, 5.41) is 28.8. The van der Waals surface area contributed by atoms with Crippen molar-refractivity contribution in [2.45, 2.75) is 107 Å². The Balaban J connectivity index is 2.18. The molecule has 10 heteroatoms. The largest absolute Gasteiger partial charge is 0.481 e. The number of hydrogen-bond donors (Lipinski definition) is 3. The van der Waals surface area contributed by atoms with Crippen LogP contribution in [0.2, 0.25) is 0 Å². The summed E-state index contributed by atoms with van der Waals surface area (Å²) in [7, 11) is 0. The van der Waals surface area contributed by atoms with Gasteiger partial charge in [-0.25, -0.2) is 14.2 Å². The zero-order valence-electron chi connectivity index (χ0n) is 26.7. The molecule has 3 atom stereocenters. The van der Waals surface area contributed by atoms with E-state index in [1.165, 1.54) is 4.90 Å². The van der Waals surface area contributed by atoms with Gasteiger partial charge in [-0.05, 0) is 70.4 Å². The summed E-state index contributed by atoms with van der Waals surface area (Å²) < 4.78 is 17.2. The molecule has 3 N–H and O–H groups in total. The summed E-state index contributed by atoms with van der Waals surface area (Å²) in [6.45, 7) is 23.4. The van der Waals surface area contributed by atoms with E-state index >= 15 is 4.39 Å². The molecule has 228 valence electrons. The van der Waals surface area contributed by atoms with Crippen molar-refractivity contribution in [2.24, 2.45) is 22.2 Å². The zero-order valence-corrected chi connectivity index (χ0v) is 26.7. The quantitative estimate of drug-likeness (QED) is 0.352. The smallest absolute Gasteiger partial charge is 0.407 e. The maximum Gasteiger partial charge on any atom is 0.407 e. The van der Waals surface area contributed by atoms with Crippen LogP contribution >= 0.6 is 0 Å². The van der Waals surface area contributed by atoms with Gasteiger partial charge in [0.15, 0.2) is 17.5 Å². The second-order valence-corrected chi connectivity index (χ2v) is 15.0. The zero-order chi connectivity index (χ0) is 31.5. The monoisotopic (exact) mass is 573 g/mol. The van der Waals surface area contributed by atoms with Gasteiger partial charge in [0, 0.05) is 36.3 Å². The molecule has 0 bridgehead atoms. The third-order valence-corrected chi connectivity index (χ3v) is 8.96. The molecule has 1 aliphatic rings. The van der Waals surface area contributed by atoms with E-state index in [9.17, 15) is 19.8 Å². The van der Waals surface area contributed by atoms with Crippen LogP contribution in [0.25, 0.3) is 0 Å². The topological polar surface area (TPSA) is 121 Å². The van der Waals surface area contributed by atoms with E-state index < -0.39 is 45.6 Å². The number of carboxylic acids is 1. The molecule has 0 aliphatic carbocycles. The second kappa shape index (κ2) is 10.3. The molecular weight excluding hydrogens is 525 g/mol. The molecule has 2 aromatic heterocycles. The maximum absolute atomic E-state index is 15.4. The van der Waals surface area contributed by atoms with Crippen LogP contribution in [0.4, 0.5) is 20.8 Å². The number of rotatable bonds is 5. The van der Waals surface area contributed by atoms with Crippen molar-refractivity contribution >= 4 is 23.7 Å². The number of amides is 1. The van der Waals surface area contributed by atoms with Crippen LogP contribution in [0.1, 0.15) is 92.6 Å². The minimum absolute atomic E-state index is 0.0204. The van der Waals surface area contributed by atoms with Gasteiger partial charge in [0.2, 0.25) is 0 Å². The Hall–Kier alpha value is -3.17. The number of piperidine rings is 1. The van der Waals surface area contributed by atoms with Gasteiger partial charge in [-0.15, -0.1) is 0 Å². The van der Waals surface area contributed by atoms with Gasteiger partial charge in [0.05, 0.1) is 16.5 Å². The third kappa shape index (κ3) is 5.66. The average Bonchev–Trinajstić information content (AvgIpc) is 3.15. The first kappa shape index (κ1) is 32.3. The standard InChI is InChI=1S/C31H48FN5O4/c1-18-15-20(33-23(22(18)32)34-21-16-19(2)37(35-21)29(9,10)11)17-31(25(38)39)13-14-36(26(40)41)30(12,28(6,7)8)24(31)27(3,4)5/h15-16,24H,13-14,17H2,1-12H3,(H,38,39)(H,40,41)(H,33,34,35)/t24?,30-,31-/m1/s1. The van der Waals surface area contributed by atoms with Gasteiger partial charge < -0.3 is 20.4 Å². The van der Waals surface area contributed by atoms with Gasteiger partial charge >= 0.3 is 12.1 Å². The number of nitrogens with one attached hydrogen (secondary N) is 1. The molecule has 2 aromatic rings. The van der Waals surface area contributed by atoms with Gasteiger partial charge in [0.25, 0.3) is 0 Å². The molecule has 1 amide bonds. The summed E-state index contributed by atoms with van der Waals surface area (Å²) in [5.41, 5.74) is -2.18. The molecule has 1 fully saturated rings. The van der Waals surface area contributed by atoms with Gasteiger partial charge in [-0.1, -0.05) is 41.5 Å². The summed E-state index contributed by atoms with van der Waals surface area (Å²) in [6, 6.07) is 3.42. The van der Waals surface area contributed by atoms with Crippen LogP contribution in [-0.4, -0.2) is 54.0 Å². The number of aryl methyl sites for hydroxylation is 2. The molecule has 0 spiro atoms. The lowest BCUT2D eigenvalue weighted by atomic mass is 9.47. The maximum atomic E-state index is 15.4. The molecule has 1 unspecified atom stereocenters. The highest BCUT2D eigenvalue weighted by atomic mass is 19.1. The second-order valence-electron chi connectivity index (χ2n) is 15.0. The van der Waals surface area contributed by atoms with Crippen LogP contribution in [0.15, 0.2) is 12.1 Å². The number of pyridine rings is 1. The molecule has 3 heterocycles. The van der Waals surface area contributed by atoms with Crippen LogP contribution in [-0.2, 0) is 16.8 Å². The molecule has 0 aromatic carbocycles. The molecule has 0 radical (unpaired) electrons. The Kier molecular flexibility index (Phi) is 8.11. The van der Waals surface area contributed by atoms with E-state index in [2.05, 4.69) is 15.4 Å². The number of likely N-dealkylation sites (tertiary alicyclic amines) is 1. The molecule has 41 heavy (non-hydrogen) atoms. The Morgan fingerprint density at radius 2 is 1.66 bits per heavy atom. The van der Waals surface area contributed by atoms with Crippen molar-refractivity contribution < 1.29 is 24.2 Å². The normalized spacial score (nSPS) is 23.9. The lowest BCUT2D eigenvalue weighted by Crippen LogP contribution is -2.72. The van der Waals surface area contributed by atoms with Crippen molar-refractivity contribution in [3.8, 4) is 0 Å². The Labute approximate surface area is 243 Å². The van der Waals surface area contributed by atoms with Crippen molar-refractivity contribution in [2.75, 3.05) is 11.9 Å². The van der Waals surface area contributed by atoms with Crippen molar-refractivity contribution in [1.29, 1.82) is 0 Å². The van der Waals surface area contributed by atoms with E-state index in [-0.39, 0.29) is 30.7 Å². The van der Waals surface area contributed by atoms with E-state index in [0.29, 0.717) is 17.1 Å². The Bertz CT molecular complexity index is 1330. The van der Waals surface area contributed by atoms with E-state index in [4.69, 9.17) is 0 Å². The predicted octanol–water partition coefficient (Wildman–Crippen LogP) is 7.00. The number of anilines is 2. The first-order valence-corrected chi connectivity index (χ1v) is 14.2.